The molecule has 0 saturated heterocycles. The summed E-state index contributed by atoms with van der Waals surface area (Å²) in [5.41, 5.74) is 7.03. The van der Waals surface area contributed by atoms with Crippen molar-refractivity contribution in [1.29, 1.82) is 0 Å². The quantitative estimate of drug-likeness (QED) is 0.702. The maximum absolute atomic E-state index is 11.8. The van der Waals surface area contributed by atoms with Crippen molar-refractivity contribution in [3.63, 3.8) is 0 Å². The summed E-state index contributed by atoms with van der Waals surface area (Å²) < 4.78 is 35.5. The number of amides is 2. The van der Waals surface area contributed by atoms with Gasteiger partial charge in [0.05, 0.1) is 0 Å². The lowest BCUT2D eigenvalue weighted by Gasteiger charge is -2.12. The first-order valence-electron chi connectivity index (χ1n) is 4.76. The van der Waals surface area contributed by atoms with Crippen molar-refractivity contribution in [2.24, 2.45) is 0 Å². The Bertz CT molecular complexity index is 418. The van der Waals surface area contributed by atoms with Crippen LogP contribution in [0.3, 0.4) is 0 Å². The van der Waals surface area contributed by atoms with E-state index in [1.807, 2.05) is 0 Å². The zero-order valence-corrected chi connectivity index (χ0v) is 9.06. The second kappa shape index (κ2) is 4.94. The number of nitrogen functional groups attached to an aromatic ring is 1. The molecule has 0 spiro atoms. The molecular weight excluding hydrogens is 235 g/mol. The van der Waals surface area contributed by atoms with Gasteiger partial charge < -0.3 is 16.4 Å². The van der Waals surface area contributed by atoms with Crippen LogP contribution in [0, 0.1) is 6.92 Å². The Morgan fingerprint density at radius 3 is 2.65 bits per heavy atom. The van der Waals surface area contributed by atoms with Crippen molar-refractivity contribution < 1.29 is 18.0 Å². The number of halogens is 3. The lowest BCUT2D eigenvalue weighted by Crippen LogP contribution is -2.36. The van der Waals surface area contributed by atoms with Crippen LogP contribution in [0.1, 0.15) is 5.56 Å². The molecular formula is C10H12F3N3O. The van der Waals surface area contributed by atoms with Gasteiger partial charge in [0.1, 0.15) is 6.54 Å². The van der Waals surface area contributed by atoms with Crippen LogP contribution in [-0.4, -0.2) is 18.8 Å². The molecule has 7 heteroatoms. The van der Waals surface area contributed by atoms with Crippen molar-refractivity contribution in [3.8, 4) is 0 Å². The van der Waals surface area contributed by atoms with Gasteiger partial charge in [0.25, 0.3) is 0 Å². The van der Waals surface area contributed by atoms with E-state index < -0.39 is 18.8 Å². The van der Waals surface area contributed by atoms with Gasteiger partial charge in [0.15, 0.2) is 0 Å². The lowest BCUT2D eigenvalue weighted by atomic mass is 10.1. The van der Waals surface area contributed by atoms with Gasteiger partial charge in [-0.05, 0) is 24.6 Å². The normalized spacial score (nSPS) is 11.1. The third-order valence-electron chi connectivity index (χ3n) is 2.07. The van der Waals surface area contributed by atoms with Crippen molar-refractivity contribution in [1.82, 2.24) is 5.32 Å². The third-order valence-corrected chi connectivity index (χ3v) is 2.07. The molecule has 2 amide bonds. The van der Waals surface area contributed by atoms with Crippen molar-refractivity contribution in [2.45, 2.75) is 13.1 Å². The molecule has 1 aromatic carbocycles. The zero-order chi connectivity index (χ0) is 13.1. The van der Waals surface area contributed by atoms with E-state index in [4.69, 9.17) is 5.73 Å². The third kappa shape index (κ3) is 4.21. The number of rotatable bonds is 2. The van der Waals surface area contributed by atoms with Gasteiger partial charge >= 0.3 is 12.2 Å². The molecule has 0 heterocycles. The Morgan fingerprint density at radius 2 is 2.06 bits per heavy atom. The van der Waals surface area contributed by atoms with E-state index >= 15 is 0 Å². The maximum atomic E-state index is 11.8. The monoisotopic (exact) mass is 247 g/mol. The van der Waals surface area contributed by atoms with E-state index in [1.165, 1.54) is 0 Å². The molecule has 4 nitrogen and oxygen atoms in total. The van der Waals surface area contributed by atoms with Crippen LogP contribution in [0.5, 0.6) is 0 Å². The number of nitrogens with two attached hydrogens (primary N) is 1. The Hall–Kier alpha value is -1.92. The number of anilines is 2. The number of benzene rings is 1. The Kier molecular flexibility index (Phi) is 3.82. The summed E-state index contributed by atoms with van der Waals surface area (Å²) in [6.07, 6.45) is -4.43. The van der Waals surface area contributed by atoms with Crippen molar-refractivity contribution >= 4 is 17.4 Å². The number of urea groups is 1. The minimum absolute atomic E-state index is 0.379. The number of nitrogens with one attached hydrogen (secondary N) is 2. The average molecular weight is 247 g/mol. The highest BCUT2D eigenvalue weighted by Crippen LogP contribution is 2.20. The molecule has 17 heavy (non-hydrogen) atoms. The molecule has 0 bridgehead atoms. The average Bonchev–Trinajstić information content (AvgIpc) is 2.21. The summed E-state index contributed by atoms with van der Waals surface area (Å²) in [5, 5.41) is 4.00. The number of carbonyl (C=O) groups excluding carboxylic acids is 1. The Labute approximate surface area is 96.0 Å². The van der Waals surface area contributed by atoms with Crippen molar-refractivity contribution in [2.75, 3.05) is 17.6 Å². The van der Waals surface area contributed by atoms with E-state index in [-0.39, 0.29) is 0 Å². The molecule has 0 unspecified atom stereocenters. The molecule has 1 rings (SSSR count). The van der Waals surface area contributed by atoms with Crippen LogP contribution < -0.4 is 16.4 Å². The first-order chi connectivity index (χ1) is 7.79. The molecule has 0 aliphatic heterocycles. The fourth-order valence-corrected chi connectivity index (χ4v) is 1.14. The molecule has 4 N–H and O–H groups in total. The van der Waals surface area contributed by atoms with Crippen molar-refractivity contribution in [3.05, 3.63) is 23.8 Å². The summed E-state index contributed by atoms with van der Waals surface area (Å²) in [5.74, 6) is 0. The fraction of sp³-hybridized carbons (Fsp3) is 0.300. The lowest BCUT2D eigenvalue weighted by molar-refractivity contribution is -0.122. The Morgan fingerprint density at radius 1 is 1.41 bits per heavy atom. The van der Waals surface area contributed by atoms with Gasteiger partial charge in [0.2, 0.25) is 0 Å². The molecule has 1 aromatic rings. The first-order valence-corrected chi connectivity index (χ1v) is 4.76. The van der Waals surface area contributed by atoms with Gasteiger partial charge in [-0.25, -0.2) is 4.79 Å². The maximum Gasteiger partial charge on any atom is 0.405 e. The second-order valence-electron chi connectivity index (χ2n) is 3.44. The van der Waals surface area contributed by atoms with Crippen LogP contribution in [0.25, 0.3) is 0 Å². The summed E-state index contributed by atoms with van der Waals surface area (Å²) in [4.78, 5) is 11.2. The van der Waals surface area contributed by atoms with Crippen LogP contribution in [0.15, 0.2) is 18.2 Å². The van der Waals surface area contributed by atoms with Gasteiger partial charge in [-0.15, -0.1) is 0 Å². The van der Waals surface area contributed by atoms with Crippen LogP contribution in [0.2, 0.25) is 0 Å². The predicted octanol–water partition coefficient (Wildman–Crippen LogP) is 2.26. The predicted molar refractivity (Wildman–Crippen MR) is 58.7 cm³/mol. The highest BCUT2D eigenvalue weighted by Gasteiger charge is 2.27. The second-order valence-corrected chi connectivity index (χ2v) is 3.44. The van der Waals surface area contributed by atoms with Gasteiger partial charge in [-0.3, -0.25) is 0 Å². The van der Waals surface area contributed by atoms with E-state index in [2.05, 4.69) is 5.32 Å². The summed E-state index contributed by atoms with van der Waals surface area (Å²) >= 11 is 0. The van der Waals surface area contributed by atoms with Gasteiger partial charge in [-0.1, -0.05) is 6.07 Å². The summed E-state index contributed by atoms with van der Waals surface area (Å²) in [7, 11) is 0. The fourth-order valence-electron chi connectivity index (χ4n) is 1.14. The van der Waals surface area contributed by atoms with E-state index in [0.717, 1.165) is 0 Å². The highest BCUT2D eigenvalue weighted by molar-refractivity contribution is 5.90. The number of hydrogen-bond acceptors (Lipinski definition) is 2. The molecule has 0 aliphatic carbocycles. The molecule has 0 fully saturated rings. The van der Waals surface area contributed by atoms with Crippen LogP contribution in [0.4, 0.5) is 29.3 Å². The highest BCUT2D eigenvalue weighted by atomic mass is 19.4. The first kappa shape index (κ1) is 13.1. The molecule has 0 aromatic heterocycles. The molecule has 0 saturated carbocycles. The number of hydrogen-bond donors (Lipinski definition) is 3. The standard InChI is InChI=1S/C10H12F3N3O/c1-6-7(14)3-2-4-8(6)16-9(17)15-5-10(11,12)13/h2-4H,5,14H2,1H3,(H2,15,16,17). The number of alkyl halides is 3. The van der Waals surface area contributed by atoms with Crippen LogP contribution >= 0.6 is 0 Å². The number of carbonyl (C=O) groups is 1. The smallest absolute Gasteiger partial charge is 0.398 e. The molecule has 0 aliphatic rings. The Balaban J connectivity index is 2.60. The summed E-state index contributed by atoms with van der Waals surface area (Å²) in [6.45, 7) is 0.287. The largest absolute Gasteiger partial charge is 0.405 e. The van der Waals surface area contributed by atoms with Gasteiger partial charge in [0, 0.05) is 11.4 Å². The zero-order valence-electron chi connectivity index (χ0n) is 9.06. The summed E-state index contributed by atoms with van der Waals surface area (Å²) in [6, 6.07) is 3.87. The minimum atomic E-state index is -4.43. The molecule has 94 valence electrons. The van der Waals surface area contributed by atoms with E-state index in [1.54, 1.807) is 30.4 Å². The van der Waals surface area contributed by atoms with Gasteiger partial charge in [-0.2, -0.15) is 13.2 Å². The molecule has 0 atom stereocenters. The SMILES string of the molecule is Cc1c(N)cccc1NC(=O)NCC(F)(F)F. The minimum Gasteiger partial charge on any atom is -0.398 e. The van der Waals surface area contributed by atoms with E-state index in [0.29, 0.717) is 16.9 Å². The topological polar surface area (TPSA) is 67.1 Å². The molecule has 0 radical (unpaired) electrons. The van der Waals surface area contributed by atoms with E-state index in [9.17, 15) is 18.0 Å². The van der Waals surface area contributed by atoms with Crippen LogP contribution in [-0.2, 0) is 0 Å².